The summed E-state index contributed by atoms with van der Waals surface area (Å²) in [6.07, 6.45) is 7.10. The van der Waals surface area contributed by atoms with Gasteiger partial charge in [0.05, 0.1) is 0 Å². The van der Waals surface area contributed by atoms with Crippen LogP contribution in [-0.2, 0) is 6.54 Å². The number of aromatic nitrogens is 3. The summed E-state index contributed by atoms with van der Waals surface area (Å²) in [5.41, 5.74) is 2.45. The fourth-order valence-corrected chi connectivity index (χ4v) is 3.23. The molecule has 8 heteroatoms. The Labute approximate surface area is 174 Å². The van der Waals surface area contributed by atoms with E-state index < -0.39 is 0 Å². The number of anilines is 2. The Kier molecular flexibility index (Phi) is 5.93. The molecule has 2 amide bonds. The number of nitrogens with one attached hydrogen (secondary N) is 2. The molecule has 0 unspecified atom stereocenters. The van der Waals surface area contributed by atoms with Crippen LogP contribution in [0.1, 0.15) is 39.3 Å². The molecule has 152 valence electrons. The van der Waals surface area contributed by atoms with Gasteiger partial charge in [0.2, 0.25) is 5.95 Å². The van der Waals surface area contributed by atoms with Gasteiger partial charge in [-0.1, -0.05) is 12.1 Å². The van der Waals surface area contributed by atoms with Crippen LogP contribution in [0.25, 0.3) is 0 Å². The molecule has 1 fully saturated rings. The summed E-state index contributed by atoms with van der Waals surface area (Å²) in [5, 5.41) is 5.68. The molecule has 3 heterocycles. The van der Waals surface area contributed by atoms with E-state index in [0.29, 0.717) is 29.4 Å². The highest BCUT2D eigenvalue weighted by molar-refractivity contribution is 6.04. The van der Waals surface area contributed by atoms with Gasteiger partial charge >= 0.3 is 0 Å². The number of benzene rings is 1. The second-order valence-electron chi connectivity index (χ2n) is 7.01. The van der Waals surface area contributed by atoms with Crippen molar-refractivity contribution in [2.75, 3.05) is 23.3 Å². The van der Waals surface area contributed by atoms with Crippen LogP contribution in [-0.4, -0.2) is 39.9 Å². The average molecular weight is 402 g/mol. The number of carbonyl (C=O) groups is 2. The van der Waals surface area contributed by atoms with Crippen molar-refractivity contribution in [3.05, 3.63) is 77.9 Å². The summed E-state index contributed by atoms with van der Waals surface area (Å²) >= 11 is 0. The van der Waals surface area contributed by atoms with Gasteiger partial charge in [-0.25, -0.2) is 9.97 Å². The molecule has 4 rings (SSSR count). The first-order valence-electron chi connectivity index (χ1n) is 9.85. The van der Waals surface area contributed by atoms with Crippen LogP contribution in [0.15, 0.2) is 61.1 Å². The summed E-state index contributed by atoms with van der Waals surface area (Å²) in [5.74, 6) is 0.147. The van der Waals surface area contributed by atoms with Gasteiger partial charge in [0, 0.05) is 49.5 Å². The standard InChI is InChI=1S/C22H22N6O2/c29-20(26-18-7-10-23-11-8-18)17-5-3-16(4-6-17)15-25-21(30)19-9-12-24-22(27-19)28-13-1-2-14-28/h3-12H,1-2,13-15H2,(H,25,30)(H,23,26,29). The van der Waals surface area contributed by atoms with Crippen LogP contribution < -0.4 is 15.5 Å². The number of carbonyl (C=O) groups excluding carboxylic acids is 2. The average Bonchev–Trinajstić information content (AvgIpc) is 3.34. The smallest absolute Gasteiger partial charge is 0.270 e. The van der Waals surface area contributed by atoms with Crippen molar-refractivity contribution in [3.63, 3.8) is 0 Å². The minimum Gasteiger partial charge on any atom is -0.347 e. The molecule has 0 radical (unpaired) electrons. The Morgan fingerprint density at radius 2 is 1.63 bits per heavy atom. The molecule has 1 aliphatic rings. The summed E-state index contributed by atoms with van der Waals surface area (Å²) in [7, 11) is 0. The minimum atomic E-state index is -0.252. The number of hydrogen-bond acceptors (Lipinski definition) is 6. The van der Waals surface area contributed by atoms with Crippen LogP contribution >= 0.6 is 0 Å². The number of pyridine rings is 1. The van der Waals surface area contributed by atoms with Gasteiger partial charge in [-0.3, -0.25) is 14.6 Å². The number of rotatable bonds is 6. The summed E-state index contributed by atoms with van der Waals surface area (Å²) in [6.45, 7) is 2.19. The van der Waals surface area contributed by atoms with Crippen LogP contribution in [0.3, 0.4) is 0 Å². The normalized spacial score (nSPS) is 13.1. The zero-order valence-electron chi connectivity index (χ0n) is 16.4. The second-order valence-corrected chi connectivity index (χ2v) is 7.01. The molecule has 0 saturated carbocycles. The fraction of sp³-hybridized carbons (Fsp3) is 0.227. The third-order valence-corrected chi connectivity index (χ3v) is 4.87. The van der Waals surface area contributed by atoms with Crippen molar-refractivity contribution in [2.24, 2.45) is 0 Å². The Balaban J connectivity index is 1.33. The highest BCUT2D eigenvalue weighted by Crippen LogP contribution is 2.15. The van der Waals surface area contributed by atoms with Gasteiger partial charge in [-0.2, -0.15) is 0 Å². The lowest BCUT2D eigenvalue weighted by atomic mass is 10.1. The first kappa shape index (κ1) is 19.5. The molecule has 1 saturated heterocycles. The van der Waals surface area contributed by atoms with E-state index in [1.165, 1.54) is 0 Å². The molecule has 0 atom stereocenters. The van der Waals surface area contributed by atoms with Gasteiger partial charge in [0.1, 0.15) is 5.69 Å². The fourth-order valence-electron chi connectivity index (χ4n) is 3.23. The van der Waals surface area contributed by atoms with Crippen molar-refractivity contribution in [1.82, 2.24) is 20.3 Å². The number of amides is 2. The van der Waals surface area contributed by atoms with Gasteiger partial charge in [0.15, 0.2) is 0 Å². The van der Waals surface area contributed by atoms with Gasteiger partial charge < -0.3 is 15.5 Å². The van der Waals surface area contributed by atoms with Crippen molar-refractivity contribution < 1.29 is 9.59 Å². The molecular formula is C22H22N6O2. The molecule has 0 bridgehead atoms. The molecule has 3 aromatic rings. The topological polar surface area (TPSA) is 100 Å². The maximum atomic E-state index is 12.5. The van der Waals surface area contributed by atoms with E-state index in [1.54, 1.807) is 48.9 Å². The summed E-state index contributed by atoms with van der Waals surface area (Å²) in [4.78, 5) is 39.4. The molecule has 2 aromatic heterocycles. The highest BCUT2D eigenvalue weighted by Gasteiger charge is 2.17. The van der Waals surface area contributed by atoms with E-state index in [1.807, 2.05) is 12.1 Å². The molecule has 0 spiro atoms. The predicted octanol–water partition coefficient (Wildman–Crippen LogP) is 2.65. The van der Waals surface area contributed by atoms with E-state index in [2.05, 4.69) is 30.5 Å². The second kappa shape index (κ2) is 9.13. The zero-order valence-corrected chi connectivity index (χ0v) is 16.4. The first-order chi connectivity index (χ1) is 14.7. The van der Waals surface area contributed by atoms with Crippen LogP contribution in [0.4, 0.5) is 11.6 Å². The van der Waals surface area contributed by atoms with Crippen molar-refractivity contribution in [1.29, 1.82) is 0 Å². The lowest BCUT2D eigenvalue weighted by molar-refractivity contribution is 0.0944. The SMILES string of the molecule is O=C(Nc1ccncc1)c1ccc(CNC(=O)c2ccnc(N3CCCC3)n2)cc1. The zero-order chi connectivity index (χ0) is 20.8. The lowest BCUT2D eigenvalue weighted by Gasteiger charge is -2.15. The maximum Gasteiger partial charge on any atom is 0.270 e. The summed E-state index contributed by atoms with van der Waals surface area (Å²) < 4.78 is 0. The maximum absolute atomic E-state index is 12.5. The molecule has 1 aromatic carbocycles. The number of hydrogen-bond donors (Lipinski definition) is 2. The van der Waals surface area contributed by atoms with E-state index in [9.17, 15) is 9.59 Å². The van der Waals surface area contributed by atoms with Gasteiger partial charge in [-0.15, -0.1) is 0 Å². The monoisotopic (exact) mass is 402 g/mol. The molecule has 8 nitrogen and oxygen atoms in total. The van der Waals surface area contributed by atoms with Crippen molar-refractivity contribution in [2.45, 2.75) is 19.4 Å². The molecule has 30 heavy (non-hydrogen) atoms. The van der Waals surface area contributed by atoms with Crippen molar-refractivity contribution >= 4 is 23.5 Å². The van der Waals surface area contributed by atoms with E-state index >= 15 is 0 Å². The van der Waals surface area contributed by atoms with E-state index in [4.69, 9.17) is 0 Å². The largest absolute Gasteiger partial charge is 0.347 e. The predicted molar refractivity (Wildman–Crippen MR) is 113 cm³/mol. The molecule has 2 N–H and O–H groups in total. The van der Waals surface area contributed by atoms with Crippen LogP contribution in [0, 0.1) is 0 Å². The quantitative estimate of drug-likeness (QED) is 0.658. The molecule has 1 aliphatic heterocycles. The first-order valence-corrected chi connectivity index (χ1v) is 9.85. The Morgan fingerprint density at radius 3 is 2.37 bits per heavy atom. The van der Waals surface area contributed by atoms with E-state index in [-0.39, 0.29) is 11.8 Å². The Hall–Kier alpha value is -3.81. The van der Waals surface area contributed by atoms with Gasteiger partial charge in [-0.05, 0) is 48.7 Å². The lowest BCUT2D eigenvalue weighted by Crippen LogP contribution is -2.26. The molecular weight excluding hydrogens is 380 g/mol. The van der Waals surface area contributed by atoms with Crippen molar-refractivity contribution in [3.8, 4) is 0 Å². The van der Waals surface area contributed by atoms with Crippen LogP contribution in [0.2, 0.25) is 0 Å². The Morgan fingerprint density at radius 1 is 0.900 bits per heavy atom. The highest BCUT2D eigenvalue weighted by atomic mass is 16.2. The summed E-state index contributed by atoms with van der Waals surface area (Å²) in [6, 6.07) is 12.2. The Bertz CT molecular complexity index is 1020. The third kappa shape index (κ3) is 4.78. The molecule has 0 aliphatic carbocycles. The van der Waals surface area contributed by atoms with E-state index in [0.717, 1.165) is 31.5 Å². The number of nitrogens with zero attached hydrogens (tertiary/aromatic N) is 4. The van der Waals surface area contributed by atoms with Crippen LogP contribution in [0.5, 0.6) is 0 Å². The minimum absolute atomic E-state index is 0.202. The third-order valence-electron chi connectivity index (χ3n) is 4.87. The van der Waals surface area contributed by atoms with Gasteiger partial charge in [0.25, 0.3) is 11.8 Å².